The molecule has 0 saturated carbocycles. The smallest absolute Gasteiger partial charge is 0.105 e. The van der Waals surface area contributed by atoms with Crippen molar-refractivity contribution in [3.8, 4) is 0 Å². The molecule has 0 bridgehead atoms. The monoisotopic (exact) mass is 237 g/mol. The van der Waals surface area contributed by atoms with Crippen LogP contribution < -0.4 is 0 Å². The third-order valence-electron chi connectivity index (χ3n) is 3.53. The van der Waals surface area contributed by atoms with E-state index in [1.807, 2.05) is 19.3 Å². The lowest BCUT2D eigenvalue weighted by Crippen LogP contribution is -2.38. The maximum atomic E-state index is 9.57. The van der Waals surface area contributed by atoms with Gasteiger partial charge in [0, 0.05) is 25.5 Å². The van der Waals surface area contributed by atoms with Gasteiger partial charge < -0.3 is 14.6 Å². The molecule has 0 amide bonds. The summed E-state index contributed by atoms with van der Waals surface area (Å²) in [7, 11) is 0. The SMILES string of the molecule is Cc1nccn1CCCCN1CCCC(O)C1. The van der Waals surface area contributed by atoms with Crippen molar-refractivity contribution >= 4 is 0 Å². The van der Waals surface area contributed by atoms with Gasteiger partial charge >= 0.3 is 0 Å². The summed E-state index contributed by atoms with van der Waals surface area (Å²) in [6.07, 6.45) is 8.30. The molecule has 1 aliphatic rings. The van der Waals surface area contributed by atoms with E-state index in [9.17, 15) is 5.11 Å². The van der Waals surface area contributed by atoms with Gasteiger partial charge in [-0.05, 0) is 45.7 Å². The molecule has 0 spiro atoms. The lowest BCUT2D eigenvalue weighted by Gasteiger charge is -2.29. The second-order valence-electron chi connectivity index (χ2n) is 4.97. The van der Waals surface area contributed by atoms with Gasteiger partial charge in [-0.1, -0.05) is 0 Å². The van der Waals surface area contributed by atoms with Crippen molar-refractivity contribution in [2.24, 2.45) is 0 Å². The third kappa shape index (κ3) is 3.82. The quantitative estimate of drug-likeness (QED) is 0.788. The Balaban J connectivity index is 1.61. The average molecular weight is 237 g/mol. The van der Waals surface area contributed by atoms with Crippen LogP contribution in [0.4, 0.5) is 0 Å². The predicted octanol–water partition coefficient (Wildman–Crippen LogP) is 1.43. The number of aliphatic hydroxyl groups is 1. The first-order chi connectivity index (χ1) is 8.25. The summed E-state index contributed by atoms with van der Waals surface area (Å²) in [6.45, 7) is 6.24. The van der Waals surface area contributed by atoms with E-state index in [-0.39, 0.29) is 6.10 Å². The largest absolute Gasteiger partial charge is 0.392 e. The zero-order valence-electron chi connectivity index (χ0n) is 10.7. The highest BCUT2D eigenvalue weighted by Gasteiger charge is 2.16. The van der Waals surface area contributed by atoms with Crippen LogP contribution in [-0.2, 0) is 6.54 Å². The van der Waals surface area contributed by atoms with Crippen LogP contribution in [0.1, 0.15) is 31.5 Å². The zero-order chi connectivity index (χ0) is 12.1. The molecule has 1 aliphatic heterocycles. The lowest BCUT2D eigenvalue weighted by atomic mass is 10.1. The molecule has 96 valence electrons. The summed E-state index contributed by atoms with van der Waals surface area (Å²) in [5, 5.41) is 9.57. The summed E-state index contributed by atoms with van der Waals surface area (Å²) < 4.78 is 2.20. The van der Waals surface area contributed by atoms with Gasteiger partial charge in [-0.25, -0.2) is 4.98 Å². The predicted molar refractivity (Wildman–Crippen MR) is 67.9 cm³/mol. The zero-order valence-corrected chi connectivity index (χ0v) is 10.7. The lowest BCUT2D eigenvalue weighted by molar-refractivity contribution is 0.0697. The number of aliphatic hydroxyl groups excluding tert-OH is 1. The van der Waals surface area contributed by atoms with Crippen molar-refractivity contribution in [1.82, 2.24) is 14.5 Å². The van der Waals surface area contributed by atoms with Gasteiger partial charge in [-0.2, -0.15) is 0 Å². The van der Waals surface area contributed by atoms with E-state index in [0.717, 1.165) is 44.8 Å². The van der Waals surface area contributed by atoms with E-state index in [0.29, 0.717) is 0 Å². The molecule has 1 unspecified atom stereocenters. The minimum absolute atomic E-state index is 0.0976. The van der Waals surface area contributed by atoms with Crippen molar-refractivity contribution in [3.05, 3.63) is 18.2 Å². The molecular formula is C13H23N3O. The number of β-amino-alcohol motifs (C(OH)–C–C–N with tert-alkyl or cyclic N) is 1. The molecule has 1 atom stereocenters. The molecule has 0 radical (unpaired) electrons. The van der Waals surface area contributed by atoms with Crippen LogP contribution in [0.25, 0.3) is 0 Å². The number of hydrogen-bond acceptors (Lipinski definition) is 3. The Labute approximate surface area is 103 Å². The molecular weight excluding hydrogens is 214 g/mol. The highest BCUT2D eigenvalue weighted by atomic mass is 16.3. The van der Waals surface area contributed by atoms with E-state index in [4.69, 9.17) is 0 Å². The summed E-state index contributed by atoms with van der Waals surface area (Å²) >= 11 is 0. The topological polar surface area (TPSA) is 41.3 Å². The molecule has 17 heavy (non-hydrogen) atoms. The summed E-state index contributed by atoms with van der Waals surface area (Å²) in [5.41, 5.74) is 0. The first-order valence-electron chi connectivity index (χ1n) is 6.64. The van der Waals surface area contributed by atoms with Crippen LogP contribution >= 0.6 is 0 Å². The van der Waals surface area contributed by atoms with Gasteiger partial charge in [0.2, 0.25) is 0 Å². The van der Waals surface area contributed by atoms with Gasteiger partial charge in [0.05, 0.1) is 6.10 Å². The van der Waals surface area contributed by atoms with Crippen LogP contribution in [0, 0.1) is 6.92 Å². The van der Waals surface area contributed by atoms with E-state index in [1.165, 1.54) is 12.8 Å². The first-order valence-corrected chi connectivity index (χ1v) is 6.64. The van der Waals surface area contributed by atoms with Gasteiger partial charge in [0.1, 0.15) is 5.82 Å². The highest BCUT2D eigenvalue weighted by Crippen LogP contribution is 2.10. The van der Waals surface area contributed by atoms with E-state index in [2.05, 4.69) is 14.5 Å². The Kier molecular flexibility index (Phi) is 4.57. The number of aryl methyl sites for hydroxylation is 2. The number of unbranched alkanes of at least 4 members (excludes halogenated alkanes) is 1. The number of nitrogens with zero attached hydrogens (tertiary/aromatic N) is 3. The minimum atomic E-state index is -0.0976. The van der Waals surface area contributed by atoms with Gasteiger partial charge in [-0.15, -0.1) is 0 Å². The van der Waals surface area contributed by atoms with Gasteiger partial charge in [0.15, 0.2) is 0 Å². The number of hydrogen-bond donors (Lipinski definition) is 1. The molecule has 4 heteroatoms. The van der Waals surface area contributed by atoms with Crippen LogP contribution in [0.2, 0.25) is 0 Å². The average Bonchev–Trinajstić information content (AvgIpc) is 2.71. The molecule has 2 heterocycles. The number of piperidine rings is 1. The van der Waals surface area contributed by atoms with Gasteiger partial charge in [-0.3, -0.25) is 0 Å². The van der Waals surface area contributed by atoms with E-state index >= 15 is 0 Å². The molecule has 1 fully saturated rings. The Hall–Kier alpha value is -0.870. The second-order valence-corrected chi connectivity index (χ2v) is 4.97. The Morgan fingerprint density at radius 2 is 2.24 bits per heavy atom. The van der Waals surface area contributed by atoms with Crippen molar-refractivity contribution < 1.29 is 5.11 Å². The Bertz CT molecular complexity index is 337. The summed E-state index contributed by atoms with van der Waals surface area (Å²) in [5.74, 6) is 1.10. The Morgan fingerprint density at radius 1 is 1.41 bits per heavy atom. The molecule has 1 saturated heterocycles. The maximum absolute atomic E-state index is 9.57. The van der Waals surface area contributed by atoms with Crippen LogP contribution in [0.3, 0.4) is 0 Å². The normalized spacial score (nSPS) is 21.9. The molecule has 4 nitrogen and oxygen atoms in total. The number of likely N-dealkylation sites (tertiary alicyclic amines) is 1. The van der Waals surface area contributed by atoms with Crippen LogP contribution in [0.15, 0.2) is 12.4 Å². The van der Waals surface area contributed by atoms with Crippen molar-refractivity contribution in [2.75, 3.05) is 19.6 Å². The molecule has 0 aliphatic carbocycles. The molecule has 1 N–H and O–H groups in total. The highest BCUT2D eigenvalue weighted by molar-refractivity contribution is 4.88. The first kappa shape index (κ1) is 12.6. The van der Waals surface area contributed by atoms with Crippen molar-refractivity contribution in [2.45, 2.75) is 45.3 Å². The standard InChI is InChI=1S/C13H23N3O/c1-12-14-6-10-16(12)9-3-2-7-15-8-4-5-13(17)11-15/h6,10,13,17H,2-5,7-9,11H2,1H3. The number of aromatic nitrogens is 2. The number of rotatable bonds is 5. The molecule has 1 aromatic heterocycles. The second kappa shape index (κ2) is 6.17. The van der Waals surface area contributed by atoms with Crippen molar-refractivity contribution in [3.63, 3.8) is 0 Å². The molecule has 2 rings (SSSR count). The summed E-state index contributed by atoms with van der Waals surface area (Å²) in [4.78, 5) is 6.60. The van der Waals surface area contributed by atoms with Crippen molar-refractivity contribution in [1.29, 1.82) is 0 Å². The fourth-order valence-electron chi connectivity index (χ4n) is 2.49. The molecule has 1 aromatic rings. The van der Waals surface area contributed by atoms with Crippen LogP contribution in [-0.4, -0.2) is 45.3 Å². The Morgan fingerprint density at radius 3 is 2.94 bits per heavy atom. The van der Waals surface area contributed by atoms with E-state index in [1.54, 1.807) is 0 Å². The van der Waals surface area contributed by atoms with Gasteiger partial charge in [0.25, 0.3) is 0 Å². The van der Waals surface area contributed by atoms with Crippen LogP contribution in [0.5, 0.6) is 0 Å². The summed E-state index contributed by atoms with van der Waals surface area (Å²) in [6, 6.07) is 0. The van der Waals surface area contributed by atoms with E-state index < -0.39 is 0 Å². The maximum Gasteiger partial charge on any atom is 0.105 e. The molecule has 0 aromatic carbocycles. The number of imidazole rings is 1. The minimum Gasteiger partial charge on any atom is -0.392 e. The third-order valence-corrected chi connectivity index (χ3v) is 3.53. The fraction of sp³-hybridized carbons (Fsp3) is 0.769. The fourth-order valence-corrected chi connectivity index (χ4v) is 2.49.